The molecule has 9 heteroatoms. The maximum atomic E-state index is 12.7. The number of amides is 2. The number of hydrogen-bond acceptors (Lipinski definition) is 7. The first kappa shape index (κ1) is 25.8. The number of nitrogens with zero attached hydrogens (tertiary/aromatic N) is 2. The van der Waals surface area contributed by atoms with Gasteiger partial charge in [-0.15, -0.1) is 0 Å². The maximum Gasteiger partial charge on any atom is 0.242 e. The molecule has 170 valence electrons. The Labute approximate surface area is 173 Å². The SMILES string of the molecule is CC(C)CC(=O)N1CCN(C(=O)C(C)(C)N)CCCCOC[C@@H](O)[C@H](O)[C@@H](O)C1. The first-order valence-electron chi connectivity index (χ1n) is 10.4. The molecule has 0 aliphatic carbocycles. The number of nitrogens with two attached hydrogens (primary N) is 1. The average molecular weight is 418 g/mol. The van der Waals surface area contributed by atoms with E-state index >= 15 is 0 Å². The van der Waals surface area contributed by atoms with Crippen LogP contribution in [0, 0.1) is 5.92 Å². The van der Waals surface area contributed by atoms with Gasteiger partial charge in [-0.3, -0.25) is 9.59 Å². The largest absolute Gasteiger partial charge is 0.388 e. The van der Waals surface area contributed by atoms with Crippen molar-refractivity contribution in [2.45, 2.75) is 70.8 Å². The van der Waals surface area contributed by atoms with Crippen LogP contribution < -0.4 is 5.73 Å². The van der Waals surface area contributed by atoms with Crippen LogP contribution in [0.4, 0.5) is 0 Å². The van der Waals surface area contributed by atoms with Crippen LogP contribution in [0.1, 0.15) is 47.0 Å². The van der Waals surface area contributed by atoms with Gasteiger partial charge < -0.3 is 35.6 Å². The highest BCUT2D eigenvalue weighted by Gasteiger charge is 2.31. The summed E-state index contributed by atoms with van der Waals surface area (Å²) in [6.45, 7) is 8.20. The van der Waals surface area contributed by atoms with E-state index in [0.29, 0.717) is 26.0 Å². The molecule has 1 fully saturated rings. The van der Waals surface area contributed by atoms with Crippen LogP contribution >= 0.6 is 0 Å². The molecule has 0 saturated carbocycles. The third-order valence-electron chi connectivity index (χ3n) is 4.87. The summed E-state index contributed by atoms with van der Waals surface area (Å²) in [4.78, 5) is 28.5. The van der Waals surface area contributed by atoms with Crippen molar-refractivity contribution >= 4 is 11.8 Å². The van der Waals surface area contributed by atoms with Gasteiger partial charge in [-0.1, -0.05) is 13.8 Å². The molecule has 1 aliphatic heterocycles. The predicted molar refractivity (Wildman–Crippen MR) is 109 cm³/mol. The summed E-state index contributed by atoms with van der Waals surface area (Å²) in [5.41, 5.74) is 4.96. The number of hydrogen-bond donors (Lipinski definition) is 4. The first-order valence-corrected chi connectivity index (χ1v) is 10.4. The lowest BCUT2D eigenvalue weighted by Crippen LogP contribution is -2.54. The summed E-state index contributed by atoms with van der Waals surface area (Å²) in [5.74, 6) is -0.265. The van der Waals surface area contributed by atoms with Crippen LogP contribution in [0.2, 0.25) is 0 Å². The molecule has 5 N–H and O–H groups in total. The van der Waals surface area contributed by atoms with E-state index in [1.807, 2.05) is 13.8 Å². The third-order valence-corrected chi connectivity index (χ3v) is 4.87. The van der Waals surface area contributed by atoms with Crippen LogP contribution in [0.5, 0.6) is 0 Å². The molecule has 0 unspecified atom stereocenters. The number of carbonyl (C=O) groups excluding carboxylic acids is 2. The van der Waals surface area contributed by atoms with Crippen molar-refractivity contribution in [3.05, 3.63) is 0 Å². The summed E-state index contributed by atoms with van der Waals surface area (Å²) in [5, 5.41) is 30.6. The Kier molecular flexibility index (Phi) is 10.5. The van der Waals surface area contributed by atoms with Crippen LogP contribution in [-0.2, 0) is 14.3 Å². The number of β-amino-alcohol motifs (C(OH)–C–C–N with tert-alkyl or cyclic N) is 1. The molecule has 29 heavy (non-hydrogen) atoms. The van der Waals surface area contributed by atoms with Crippen molar-refractivity contribution in [1.82, 2.24) is 9.80 Å². The minimum atomic E-state index is -1.44. The average Bonchev–Trinajstić information content (AvgIpc) is 2.61. The van der Waals surface area contributed by atoms with Crippen LogP contribution in [-0.4, -0.2) is 100 Å². The van der Waals surface area contributed by atoms with Crippen molar-refractivity contribution in [2.24, 2.45) is 11.7 Å². The number of aliphatic hydroxyl groups is 3. The second-order valence-corrected chi connectivity index (χ2v) is 8.86. The van der Waals surface area contributed by atoms with Crippen LogP contribution in [0.3, 0.4) is 0 Å². The van der Waals surface area contributed by atoms with Gasteiger partial charge in [0.25, 0.3) is 0 Å². The smallest absolute Gasteiger partial charge is 0.242 e. The number of rotatable bonds is 3. The maximum absolute atomic E-state index is 12.7. The Hall–Kier alpha value is -1.26. The van der Waals surface area contributed by atoms with Gasteiger partial charge in [-0.25, -0.2) is 0 Å². The molecule has 2 amide bonds. The number of aliphatic hydroxyl groups excluding tert-OH is 3. The summed E-state index contributed by atoms with van der Waals surface area (Å²) in [6, 6.07) is 0. The zero-order valence-electron chi connectivity index (χ0n) is 18.2. The van der Waals surface area contributed by atoms with Gasteiger partial charge in [0.2, 0.25) is 11.8 Å². The molecule has 1 aliphatic rings. The van der Waals surface area contributed by atoms with E-state index in [1.54, 1.807) is 18.7 Å². The van der Waals surface area contributed by atoms with Crippen LogP contribution in [0.15, 0.2) is 0 Å². The summed E-state index contributed by atoms with van der Waals surface area (Å²) >= 11 is 0. The van der Waals surface area contributed by atoms with Gasteiger partial charge in [-0.05, 0) is 32.6 Å². The Morgan fingerprint density at radius 2 is 1.69 bits per heavy atom. The first-order chi connectivity index (χ1) is 13.4. The monoisotopic (exact) mass is 417 g/mol. The Bertz CT molecular complexity index is 523. The van der Waals surface area contributed by atoms with Gasteiger partial charge in [0.05, 0.1) is 12.1 Å². The Balaban J connectivity index is 3.01. The van der Waals surface area contributed by atoms with Crippen molar-refractivity contribution in [3.8, 4) is 0 Å². The van der Waals surface area contributed by atoms with Crippen molar-refractivity contribution in [1.29, 1.82) is 0 Å². The Morgan fingerprint density at radius 3 is 2.28 bits per heavy atom. The lowest BCUT2D eigenvalue weighted by molar-refractivity contribution is -0.141. The summed E-state index contributed by atoms with van der Waals surface area (Å²) < 4.78 is 5.37. The Morgan fingerprint density at radius 1 is 1.07 bits per heavy atom. The minimum absolute atomic E-state index is 0.114. The molecule has 1 rings (SSSR count). The van der Waals surface area contributed by atoms with Crippen molar-refractivity contribution < 1.29 is 29.6 Å². The van der Waals surface area contributed by atoms with Gasteiger partial charge in [0, 0.05) is 39.2 Å². The summed E-state index contributed by atoms with van der Waals surface area (Å²) in [6.07, 6.45) is -2.38. The van der Waals surface area contributed by atoms with Gasteiger partial charge in [-0.2, -0.15) is 0 Å². The fourth-order valence-electron chi connectivity index (χ4n) is 3.16. The third kappa shape index (κ3) is 8.96. The second kappa shape index (κ2) is 11.8. The molecular formula is C20H39N3O6. The zero-order valence-corrected chi connectivity index (χ0v) is 18.2. The predicted octanol–water partition coefficient (Wildman–Crippen LogP) is -0.680. The van der Waals surface area contributed by atoms with Gasteiger partial charge >= 0.3 is 0 Å². The fraction of sp³-hybridized carbons (Fsp3) is 0.900. The molecule has 1 saturated heterocycles. The van der Waals surface area contributed by atoms with E-state index in [4.69, 9.17) is 10.5 Å². The molecule has 0 aromatic rings. The van der Waals surface area contributed by atoms with E-state index in [-0.39, 0.29) is 50.4 Å². The van der Waals surface area contributed by atoms with Gasteiger partial charge in [0.15, 0.2) is 0 Å². The normalized spacial score (nSPS) is 26.3. The fourth-order valence-corrected chi connectivity index (χ4v) is 3.16. The zero-order chi connectivity index (χ0) is 22.2. The highest BCUT2D eigenvalue weighted by atomic mass is 16.5. The van der Waals surface area contributed by atoms with E-state index in [2.05, 4.69) is 0 Å². The molecule has 0 spiro atoms. The molecule has 0 aromatic carbocycles. The molecule has 1 heterocycles. The van der Waals surface area contributed by atoms with E-state index < -0.39 is 23.9 Å². The number of ether oxygens (including phenoxy) is 1. The highest BCUT2D eigenvalue weighted by molar-refractivity contribution is 5.85. The second-order valence-electron chi connectivity index (χ2n) is 8.86. The molecule has 0 bridgehead atoms. The van der Waals surface area contributed by atoms with E-state index in [1.165, 1.54) is 4.90 Å². The van der Waals surface area contributed by atoms with E-state index in [9.17, 15) is 24.9 Å². The lowest BCUT2D eigenvalue weighted by atomic mass is 10.0. The standard InChI is InChI=1S/C20H39N3O6/c1-14(2)11-17(26)23-9-8-22(19(28)20(3,4)21)7-5-6-10-29-13-16(25)18(27)15(24)12-23/h14-16,18,24-25,27H,5-13,21H2,1-4H3/t15-,16+,18+/m0/s1. The van der Waals surface area contributed by atoms with Crippen molar-refractivity contribution in [2.75, 3.05) is 39.4 Å². The molecule has 0 aromatic heterocycles. The van der Waals surface area contributed by atoms with Gasteiger partial charge in [0.1, 0.15) is 18.3 Å². The molecule has 9 nitrogen and oxygen atoms in total. The highest BCUT2D eigenvalue weighted by Crippen LogP contribution is 2.12. The molecule has 3 atom stereocenters. The summed E-state index contributed by atoms with van der Waals surface area (Å²) in [7, 11) is 0. The number of carbonyl (C=O) groups is 2. The topological polar surface area (TPSA) is 137 Å². The molecular weight excluding hydrogens is 378 g/mol. The van der Waals surface area contributed by atoms with E-state index in [0.717, 1.165) is 0 Å². The van der Waals surface area contributed by atoms with Crippen molar-refractivity contribution in [3.63, 3.8) is 0 Å². The quantitative estimate of drug-likeness (QED) is 0.477. The lowest BCUT2D eigenvalue weighted by Gasteiger charge is -2.34. The molecule has 0 radical (unpaired) electrons. The van der Waals surface area contributed by atoms with Crippen LogP contribution in [0.25, 0.3) is 0 Å². The minimum Gasteiger partial charge on any atom is -0.388 e.